The molecule has 0 aliphatic carbocycles. The quantitative estimate of drug-likeness (QED) is 0.816. The van der Waals surface area contributed by atoms with E-state index in [1.807, 2.05) is 18.2 Å². The van der Waals surface area contributed by atoms with Crippen LogP contribution >= 0.6 is 0 Å². The lowest BCUT2D eigenvalue weighted by Crippen LogP contribution is -2.13. The van der Waals surface area contributed by atoms with Crippen molar-refractivity contribution in [3.63, 3.8) is 0 Å². The number of hydrogen-bond donors (Lipinski definition) is 0. The molecular formula is C17H17NO4. The van der Waals surface area contributed by atoms with Crippen molar-refractivity contribution in [1.29, 1.82) is 0 Å². The third-order valence-corrected chi connectivity index (χ3v) is 3.77. The molecule has 0 unspecified atom stereocenters. The van der Waals surface area contributed by atoms with Crippen LogP contribution in [0.25, 0.3) is 0 Å². The highest BCUT2D eigenvalue weighted by atomic mass is 16.5. The maximum absolute atomic E-state index is 12.8. The maximum atomic E-state index is 12.8. The summed E-state index contributed by atoms with van der Waals surface area (Å²) in [7, 11) is 1.79. The molecular weight excluding hydrogens is 282 g/mol. The molecule has 3 rings (SSSR count). The Morgan fingerprint density at radius 2 is 2.14 bits per heavy atom. The first-order chi connectivity index (χ1) is 10.6. The largest absolute Gasteiger partial charge is 0.488 e. The lowest BCUT2D eigenvalue weighted by atomic mass is 10.1. The van der Waals surface area contributed by atoms with Crippen LogP contribution in [0.4, 0.5) is 0 Å². The van der Waals surface area contributed by atoms with Gasteiger partial charge in [-0.2, -0.15) is 0 Å². The molecule has 1 aliphatic heterocycles. The second-order valence-electron chi connectivity index (χ2n) is 5.16. The summed E-state index contributed by atoms with van der Waals surface area (Å²) in [5, 5.41) is 0. The molecule has 0 saturated carbocycles. The summed E-state index contributed by atoms with van der Waals surface area (Å²) in [6.07, 6.45) is 0.145. The summed E-state index contributed by atoms with van der Waals surface area (Å²) in [5.74, 6) is 0.211. The van der Waals surface area contributed by atoms with Gasteiger partial charge in [-0.3, -0.25) is 9.59 Å². The van der Waals surface area contributed by atoms with E-state index in [1.165, 1.54) is 0 Å². The number of rotatable bonds is 3. The third-order valence-electron chi connectivity index (χ3n) is 3.77. The lowest BCUT2D eigenvalue weighted by Gasteiger charge is -2.08. The number of benzene rings is 1. The van der Waals surface area contributed by atoms with E-state index in [9.17, 15) is 9.59 Å². The average molecular weight is 299 g/mol. The van der Waals surface area contributed by atoms with Gasteiger partial charge in [0, 0.05) is 18.3 Å². The molecule has 0 saturated heterocycles. The van der Waals surface area contributed by atoms with Crippen molar-refractivity contribution in [1.82, 2.24) is 4.57 Å². The molecule has 1 aromatic carbocycles. The smallest absolute Gasteiger partial charge is 0.311 e. The zero-order valence-corrected chi connectivity index (χ0v) is 12.6. The van der Waals surface area contributed by atoms with Gasteiger partial charge in [-0.15, -0.1) is 0 Å². The van der Waals surface area contributed by atoms with Crippen LogP contribution in [0.3, 0.4) is 0 Å². The van der Waals surface area contributed by atoms with Crippen LogP contribution in [-0.2, 0) is 29.6 Å². The number of nitrogens with zero attached hydrogens (tertiary/aromatic N) is 1. The van der Waals surface area contributed by atoms with Crippen molar-refractivity contribution in [2.24, 2.45) is 7.05 Å². The molecule has 0 spiro atoms. The molecule has 0 N–H and O–H groups in total. The molecule has 0 bridgehead atoms. The maximum Gasteiger partial charge on any atom is 0.311 e. The van der Waals surface area contributed by atoms with Crippen molar-refractivity contribution in [2.75, 3.05) is 6.61 Å². The topological polar surface area (TPSA) is 57.5 Å². The lowest BCUT2D eigenvalue weighted by molar-refractivity contribution is -0.142. The fraction of sp³-hybridized carbons (Fsp3) is 0.294. The van der Waals surface area contributed by atoms with Crippen LogP contribution in [-0.4, -0.2) is 22.9 Å². The fourth-order valence-electron chi connectivity index (χ4n) is 2.73. The van der Waals surface area contributed by atoms with Crippen LogP contribution in [0, 0.1) is 0 Å². The Morgan fingerprint density at radius 1 is 1.36 bits per heavy atom. The zero-order chi connectivity index (χ0) is 15.7. The van der Waals surface area contributed by atoms with Crippen LogP contribution in [0.1, 0.15) is 34.2 Å². The van der Waals surface area contributed by atoms with Crippen molar-refractivity contribution in [2.45, 2.75) is 20.0 Å². The van der Waals surface area contributed by atoms with Gasteiger partial charge in [0.05, 0.1) is 24.3 Å². The van der Waals surface area contributed by atoms with Gasteiger partial charge >= 0.3 is 5.97 Å². The monoisotopic (exact) mass is 299 g/mol. The second-order valence-corrected chi connectivity index (χ2v) is 5.16. The third kappa shape index (κ3) is 2.39. The number of carbonyl (C=O) groups excluding carboxylic acids is 2. The van der Waals surface area contributed by atoms with E-state index >= 15 is 0 Å². The fourth-order valence-corrected chi connectivity index (χ4v) is 2.73. The van der Waals surface area contributed by atoms with Crippen molar-refractivity contribution < 1.29 is 19.1 Å². The van der Waals surface area contributed by atoms with Gasteiger partial charge < -0.3 is 14.0 Å². The van der Waals surface area contributed by atoms with Gasteiger partial charge in [0.15, 0.2) is 0 Å². The number of ketones is 1. The number of para-hydroxylation sites is 1. The predicted molar refractivity (Wildman–Crippen MR) is 80.0 cm³/mol. The Kier molecular flexibility index (Phi) is 3.71. The van der Waals surface area contributed by atoms with E-state index in [1.54, 1.807) is 30.7 Å². The molecule has 2 heterocycles. The standard InChI is InChI=1S/C17H17NO4/c1-3-21-15(19)9-12-8-11-10-22-14-7-5-4-6-13(14)17(20)16(11)18(12)2/h4-8H,3,9-10H2,1-2H3. The molecule has 0 fully saturated rings. The number of ether oxygens (including phenoxy) is 2. The Labute approximate surface area is 128 Å². The molecule has 0 amide bonds. The molecule has 0 radical (unpaired) electrons. The Bertz CT molecular complexity index is 745. The van der Waals surface area contributed by atoms with E-state index in [-0.39, 0.29) is 18.2 Å². The number of carbonyl (C=O) groups is 2. The molecule has 5 heteroatoms. The van der Waals surface area contributed by atoms with E-state index in [2.05, 4.69) is 0 Å². The highest BCUT2D eigenvalue weighted by Gasteiger charge is 2.27. The average Bonchev–Trinajstić information content (AvgIpc) is 2.73. The predicted octanol–water partition coefficient (Wildman–Crippen LogP) is 2.25. The Balaban J connectivity index is 2.00. The molecule has 2 aromatic rings. The first-order valence-electron chi connectivity index (χ1n) is 7.21. The van der Waals surface area contributed by atoms with Gasteiger partial charge in [-0.05, 0) is 25.1 Å². The van der Waals surface area contributed by atoms with Crippen molar-refractivity contribution >= 4 is 11.8 Å². The summed E-state index contributed by atoms with van der Waals surface area (Å²) >= 11 is 0. The Morgan fingerprint density at radius 3 is 2.91 bits per heavy atom. The second kappa shape index (κ2) is 5.67. The highest BCUT2D eigenvalue weighted by molar-refractivity contribution is 6.11. The molecule has 114 valence electrons. The van der Waals surface area contributed by atoms with Crippen LogP contribution < -0.4 is 4.74 Å². The van der Waals surface area contributed by atoms with Crippen LogP contribution in [0.2, 0.25) is 0 Å². The van der Waals surface area contributed by atoms with Crippen LogP contribution in [0.5, 0.6) is 5.75 Å². The highest BCUT2D eigenvalue weighted by Crippen LogP contribution is 2.29. The zero-order valence-electron chi connectivity index (χ0n) is 12.6. The van der Waals surface area contributed by atoms with E-state index in [4.69, 9.17) is 9.47 Å². The van der Waals surface area contributed by atoms with E-state index in [0.29, 0.717) is 30.2 Å². The molecule has 0 atom stereocenters. The van der Waals surface area contributed by atoms with Gasteiger partial charge in [0.2, 0.25) is 5.78 Å². The van der Waals surface area contributed by atoms with Gasteiger partial charge in [0.1, 0.15) is 12.4 Å². The number of esters is 1. The van der Waals surface area contributed by atoms with Gasteiger partial charge in [-0.25, -0.2) is 0 Å². The van der Waals surface area contributed by atoms with Crippen molar-refractivity contribution in [3.05, 3.63) is 52.8 Å². The minimum Gasteiger partial charge on any atom is -0.488 e. The minimum absolute atomic E-state index is 0.0827. The van der Waals surface area contributed by atoms with Gasteiger partial charge in [0.25, 0.3) is 0 Å². The number of hydrogen-bond acceptors (Lipinski definition) is 4. The van der Waals surface area contributed by atoms with Crippen molar-refractivity contribution in [3.8, 4) is 5.75 Å². The summed E-state index contributed by atoms with van der Waals surface area (Å²) in [6.45, 7) is 2.43. The Hall–Kier alpha value is -2.56. The first kappa shape index (κ1) is 14.4. The summed E-state index contributed by atoms with van der Waals surface area (Å²) < 4.78 is 12.5. The SMILES string of the molecule is CCOC(=O)Cc1cc2c(n1C)C(=O)c1ccccc1OC2. The number of aromatic nitrogens is 1. The molecule has 1 aromatic heterocycles. The molecule has 1 aliphatic rings. The minimum atomic E-state index is -0.299. The summed E-state index contributed by atoms with van der Waals surface area (Å²) in [6, 6.07) is 9.04. The van der Waals surface area contributed by atoms with E-state index in [0.717, 1.165) is 11.3 Å². The normalized spacial score (nSPS) is 12.9. The number of fused-ring (bicyclic) bond motifs is 2. The summed E-state index contributed by atoms with van der Waals surface area (Å²) in [5.41, 5.74) is 2.66. The van der Waals surface area contributed by atoms with E-state index < -0.39 is 0 Å². The summed E-state index contributed by atoms with van der Waals surface area (Å²) in [4.78, 5) is 24.4. The molecule has 5 nitrogen and oxygen atoms in total. The molecule has 22 heavy (non-hydrogen) atoms. The van der Waals surface area contributed by atoms with Gasteiger partial charge in [-0.1, -0.05) is 12.1 Å². The first-order valence-corrected chi connectivity index (χ1v) is 7.21. The van der Waals surface area contributed by atoms with Crippen LogP contribution in [0.15, 0.2) is 30.3 Å².